The van der Waals surface area contributed by atoms with Crippen LogP contribution in [0.25, 0.3) is 10.8 Å². The molecule has 0 aliphatic rings. The zero-order valence-electron chi connectivity index (χ0n) is 9.36. The first kappa shape index (κ1) is 15.1. The minimum atomic E-state index is -4.64. The number of fused-ring (bicyclic) bond motifs is 1. The van der Waals surface area contributed by atoms with Crippen LogP contribution in [0.3, 0.4) is 0 Å². The minimum absolute atomic E-state index is 0. The Morgan fingerprint density at radius 2 is 1.56 bits per heavy atom. The molecule has 0 spiro atoms. The standard InChI is InChI=1S/C10H7NO5S.Na/c12-11(13)9-5-1-4-8-7(9)3-2-6-10(8)17(14,15)16;/h1-6H,(H,14,15,16);/q;+1/p-1. The van der Waals surface area contributed by atoms with Gasteiger partial charge in [-0.25, -0.2) is 8.42 Å². The quantitative estimate of drug-likeness (QED) is 0.292. The topological polar surface area (TPSA) is 100 Å². The monoisotopic (exact) mass is 275 g/mol. The van der Waals surface area contributed by atoms with Crippen LogP contribution in [-0.2, 0) is 10.1 Å². The van der Waals surface area contributed by atoms with Gasteiger partial charge in [0, 0.05) is 11.5 Å². The summed E-state index contributed by atoms with van der Waals surface area (Å²) in [6.45, 7) is 0. The Balaban J connectivity index is 0.00000162. The molecule has 0 bridgehead atoms. The van der Waals surface area contributed by atoms with Gasteiger partial charge < -0.3 is 4.55 Å². The maximum Gasteiger partial charge on any atom is 1.00 e. The van der Waals surface area contributed by atoms with Crippen LogP contribution in [-0.4, -0.2) is 17.9 Å². The number of hydrogen-bond donors (Lipinski definition) is 0. The van der Waals surface area contributed by atoms with Gasteiger partial charge in [0.05, 0.1) is 15.2 Å². The fraction of sp³-hybridized carbons (Fsp3) is 0. The molecule has 0 unspecified atom stereocenters. The van der Waals surface area contributed by atoms with Gasteiger partial charge in [0.2, 0.25) is 0 Å². The second-order valence-corrected chi connectivity index (χ2v) is 4.69. The maximum absolute atomic E-state index is 11.0. The molecule has 0 N–H and O–H groups in total. The van der Waals surface area contributed by atoms with E-state index in [2.05, 4.69) is 0 Å². The zero-order valence-corrected chi connectivity index (χ0v) is 12.2. The number of non-ortho nitro benzene ring substituents is 1. The molecular formula is C10H6NNaO5S. The molecule has 0 heterocycles. The number of benzene rings is 2. The van der Waals surface area contributed by atoms with E-state index in [1.165, 1.54) is 30.3 Å². The van der Waals surface area contributed by atoms with Crippen molar-refractivity contribution >= 4 is 26.6 Å². The van der Waals surface area contributed by atoms with Crippen LogP contribution < -0.4 is 29.6 Å². The van der Waals surface area contributed by atoms with Crippen LogP contribution in [0.15, 0.2) is 41.3 Å². The molecule has 0 amide bonds. The van der Waals surface area contributed by atoms with Gasteiger partial charge in [0.1, 0.15) is 10.1 Å². The first-order valence-corrected chi connectivity index (χ1v) is 5.94. The van der Waals surface area contributed by atoms with E-state index in [4.69, 9.17) is 0 Å². The second kappa shape index (κ2) is 5.33. The van der Waals surface area contributed by atoms with E-state index in [-0.39, 0.29) is 46.0 Å². The van der Waals surface area contributed by atoms with Crippen molar-refractivity contribution in [1.82, 2.24) is 0 Å². The summed E-state index contributed by atoms with van der Waals surface area (Å²) in [5.41, 5.74) is -0.229. The van der Waals surface area contributed by atoms with Gasteiger partial charge in [-0.1, -0.05) is 18.2 Å². The van der Waals surface area contributed by atoms with Crippen molar-refractivity contribution < 1.29 is 47.5 Å². The molecule has 0 atom stereocenters. The summed E-state index contributed by atoms with van der Waals surface area (Å²) in [7, 11) is -4.64. The van der Waals surface area contributed by atoms with Crippen LogP contribution in [0.1, 0.15) is 0 Å². The minimum Gasteiger partial charge on any atom is -0.744 e. The summed E-state index contributed by atoms with van der Waals surface area (Å²) < 4.78 is 33.0. The molecule has 0 fully saturated rings. The van der Waals surface area contributed by atoms with Crippen LogP contribution in [0, 0.1) is 10.1 Å². The van der Waals surface area contributed by atoms with Gasteiger partial charge in [0.15, 0.2) is 0 Å². The average molecular weight is 275 g/mol. The third-order valence-corrected chi connectivity index (χ3v) is 3.22. The Hall–Kier alpha value is -0.990. The first-order chi connectivity index (χ1) is 7.91. The molecule has 0 saturated heterocycles. The molecule has 2 aromatic rings. The van der Waals surface area contributed by atoms with Crippen LogP contribution in [0.2, 0.25) is 0 Å². The third kappa shape index (κ3) is 2.70. The van der Waals surface area contributed by atoms with Crippen molar-refractivity contribution in [1.29, 1.82) is 0 Å². The van der Waals surface area contributed by atoms with E-state index in [1.54, 1.807) is 0 Å². The SMILES string of the molecule is O=[N+]([O-])c1cccc2c(S(=O)(=O)[O-])cccc12.[Na+]. The van der Waals surface area contributed by atoms with E-state index < -0.39 is 19.9 Å². The maximum atomic E-state index is 11.0. The van der Waals surface area contributed by atoms with Crippen molar-refractivity contribution in [3.05, 3.63) is 46.5 Å². The normalized spacial score (nSPS) is 10.9. The molecule has 18 heavy (non-hydrogen) atoms. The van der Waals surface area contributed by atoms with E-state index in [9.17, 15) is 23.1 Å². The number of nitro groups is 1. The Morgan fingerprint density at radius 1 is 1.00 bits per heavy atom. The smallest absolute Gasteiger partial charge is 0.744 e. The van der Waals surface area contributed by atoms with Crippen LogP contribution >= 0.6 is 0 Å². The Morgan fingerprint density at radius 3 is 2.11 bits per heavy atom. The van der Waals surface area contributed by atoms with Crippen molar-refractivity contribution in [2.75, 3.05) is 0 Å². The van der Waals surface area contributed by atoms with Crippen molar-refractivity contribution in [2.45, 2.75) is 4.90 Å². The summed E-state index contributed by atoms with van der Waals surface area (Å²) in [6, 6.07) is 7.81. The molecule has 8 heteroatoms. The Labute approximate surface area is 125 Å². The van der Waals surface area contributed by atoms with E-state index in [1.807, 2.05) is 0 Å². The van der Waals surface area contributed by atoms with Gasteiger partial charge >= 0.3 is 29.6 Å². The summed E-state index contributed by atoms with van der Waals surface area (Å²) in [5.74, 6) is 0. The van der Waals surface area contributed by atoms with Gasteiger partial charge in [-0.3, -0.25) is 10.1 Å². The average Bonchev–Trinajstić information content (AvgIpc) is 2.26. The molecule has 0 aliphatic heterocycles. The first-order valence-electron chi connectivity index (χ1n) is 4.53. The molecule has 0 aromatic heterocycles. The third-order valence-electron chi connectivity index (χ3n) is 2.33. The van der Waals surface area contributed by atoms with E-state index in [0.717, 1.165) is 6.07 Å². The number of nitrogens with zero attached hydrogens (tertiary/aromatic N) is 1. The molecule has 0 aliphatic carbocycles. The van der Waals surface area contributed by atoms with Crippen LogP contribution in [0.5, 0.6) is 0 Å². The van der Waals surface area contributed by atoms with Crippen molar-refractivity contribution in [3.8, 4) is 0 Å². The van der Waals surface area contributed by atoms with E-state index >= 15 is 0 Å². The molecule has 0 saturated carbocycles. The number of nitro benzene ring substituents is 1. The Kier molecular flexibility index (Phi) is 4.46. The Bertz CT molecular complexity index is 713. The summed E-state index contributed by atoms with van der Waals surface area (Å²) >= 11 is 0. The van der Waals surface area contributed by atoms with E-state index in [0.29, 0.717) is 0 Å². The van der Waals surface area contributed by atoms with Crippen molar-refractivity contribution in [3.63, 3.8) is 0 Å². The number of hydrogen-bond acceptors (Lipinski definition) is 5. The number of rotatable bonds is 2. The molecule has 2 aromatic carbocycles. The second-order valence-electron chi connectivity index (χ2n) is 3.34. The molecule has 2 rings (SSSR count). The predicted molar refractivity (Wildman–Crippen MR) is 58.6 cm³/mol. The molecule has 0 radical (unpaired) electrons. The largest absolute Gasteiger partial charge is 1.00 e. The summed E-state index contributed by atoms with van der Waals surface area (Å²) in [4.78, 5) is 9.69. The summed E-state index contributed by atoms with van der Waals surface area (Å²) in [6.07, 6.45) is 0. The fourth-order valence-electron chi connectivity index (χ4n) is 1.64. The predicted octanol–water partition coefficient (Wildman–Crippen LogP) is -1.34. The van der Waals surface area contributed by atoms with Gasteiger partial charge in [-0.15, -0.1) is 0 Å². The molecule has 6 nitrogen and oxygen atoms in total. The zero-order chi connectivity index (χ0) is 12.6. The molecular weight excluding hydrogens is 269 g/mol. The van der Waals surface area contributed by atoms with Gasteiger partial charge in [-0.2, -0.15) is 0 Å². The van der Waals surface area contributed by atoms with Gasteiger partial charge in [-0.05, 0) is 12.1 Å². The van der Waals surface area contributed by atoms with Crippen LogP contribution in [0.4, 0.5) is 5.69 Å². The molecule has 88 valence electrons. The van der Waals surface area contributed by atoms with Gasteiger partial charge in [0.25, 0.3) is 5.69 Å². The summed E-state index contributed by atoms with van der Waals surface area (Å²) in [5, 5.41) is 11.0. The fourth-order valence-corrected chi connectivity index (χ4v) is 2.33. The van der Waals surface area contributed by atoms with Crippen molar-refractivity contribution in [2.24, 2.45) is 0 Å².